The summed E-state index contributed by atoms with van der Waals surface area (Å²) in [6.07, 6.45) is 5.78. The summed E-state index contributed by atoms with van der Waals surface area (Å²) in [5.41, 5.74) is 1.61. The molecule has 3 aromatic rings. The maximum Gasteiger partial charge on any atom is 0.264 e. The number of nitrogens with one attached hydrogen (secondary N) is 1. The summed E-state index contributed by atoms with van der Waals surface area (Å²) in [5.74, 6) is 0.646. The molecule has 1 aliphatic rings. The Morgan fingerprint density at radius 2 is 2.35 bits per heavy atom. The molecule has 0 radical (unpaired) electrons. The van der Waals surface area contributed by atoms with Crippen molar-refractivity contribution in [2.45, 2.75) is 25.4 Å². The lowest BCUT2D eigenvalue weighted by Gasteiger charge is -2.14. The van der Waals surface area contributed by atoms with E-state index in [0.717, 1.165) is 29.1 Å². The van der Waals surface area contributed by atoms with Gasteiger partial charge in [-0.15, -0.1) is 11.3 Å². The highest BCUT2D eigenvalue weighted by molar-refractivity contribution is 7.14. The molecule has 3 aromatic heterocycles. The molecule has 26 heavy (non-hydrogen) atoms. The van der Waals surface area contributed by atoms with Crippen LogP contribution >= 0.6 is 11.3 Å². The molecule has 0 bridgehead atoms. The number of thiophene rings is 1. The highest BCUT2D eigenvalue weighted by atomic mass is 32.1. The van der Waals surface area contributed by atoms with Crippen molar-refractivity contribution in [1.82, 2.24) is 20.4 Å². The lowest BCUT2D eigenvalue weighted by Crippen LogP contribution is -2.25. The molecule has 7 heteroatoms. The van der Waals surface area contributed by atoms with Gasteiger partial charge in [0, 0.05) is 42.0 Å². The van der Waals surface area contributed by atoms with Crippen molar-refractivity contribution in [2.24, 2.45) is 0 Å². The van der Waals surface area contributed by atoms with E-state index in [1.165, 1.54) is 11.3 Å². The molecule has 4 rings (SSSR count). The minimum Gasteiger partial charge on any atom is -0.359 e. The Morgan fingerprint density at radius 3 is 3.12 bits per heavy atom. The number of nitrogens with zero attached hydrogens (tertiary/aromatic N) is 3. The van der Waals surface area contributed by atoms with E-state index in [0.29, 0.717) is 18.3 Å². The molecular formula is C19H20N4O2S. The zero-order valence-electron chi connectivity index (χ0n) is 14.5. The standard InChI is InChI=1S/C19H20N4O2S/c1-23(12-14-10-16(22-25-14)13-4-2-8-20-11-13)19(24)18-7-6-17(26-18)15-5-3-9-21-15/h2,4,6-8,10-11,15,21H,3,5,9,12H2,1H3. The van der Waals surface area contributed by atoms with Crippen LogP contribution in [0.3, 0.4) is 0 Å². The number of amides is 1. The molecule has 1 aliphatic heterocycles. The Kier molecular flexibility index (Phi) is 4.81. The lowest BCUT2D eigenvalue weighted by molar-refractivity contribution is 0.0777. The average Bonchev–Trinajstić information content (AvgIpc) is 3.42. The molecule has 1 amide bonds. The summed E-state index contributed by atoms with van der Waals surface area (Å²) in [6.45, 7) is 1.43. The van der Waals surface area contributed by atoms with Crippen LogP contribution in [0.2, 0.25) is 0 Å². The minimum atomic E-state index is -0.00132. The molecule has 0 saturated carbocycles. The Morgan fingerprint density at radius 1 is 1.42 bits per heavy atom. The molecule has 4 heterocycles. The third-order valence-electron chi connectivity index (χ3n) is 4.50. The Balaban J connectivity index is 1.42. The average molecular weight is 368 g/mol. The number of pyridine rings is 1. The molecule has 0 aliphatic carbocycles. The van der Waals surface area contributed by atoms with Gasteiger partial charge in [0.2, 0.25) is 0 Å². The van der Waals surface area contributed by atoms with E-state index in [4.69, 9.17) is 4.52 Å². The SMILES string of the molecule is CN(Cc1cc(-c2cccnc2)no1)C(=O)c1ccc(C2CCCN2)s1. The normalized spacial score (nSPS) is 16.7. The fourth-order valence-corrected chi connectivity index (χ4v) is 4.23. The van der Waals surface area contributed by atoms with E-state index in [1.54, 1.807) is 35.7 Å². The van der Waals surface area contributed by atoms with E-state index in [9.17, 15) is 4.79 Å². The van der Waals surface area contributed by atoms with Gasteiger partial charge >= 0.3 is 0 Å². The predicted octanol–water partition coefficient (Wildman–Crippen LogP) is 3.49. The van der Waals surface area contributed by atoms with Gasteiger partial charge in [0.1, 0.15) is 5.69 Å². The highest BCUT2D eigenvalue weighted by Gasteiger charge is 2.21. The van der Waals surface area contributed by atoms with Gasteiger partial charge in [-0.05, 0) is 43.7 Å². The lowest BCUT2D eigenvalue weighted by atomic mass is 10.2. The molecule has 134 valence electrons. The second-order valence-electron chi connectivity index (χ2n) is 6.43. The first-order chi connectivity index (χ1) is 12.7. The maximum atomic E-state index is 12.7. The van der Waals surface area contributed by atoms with Crippen LogP contribution in [0.15, 0.2) is 47.2 Å². The van der Waals surface area contributed by atoms with Crippen molar-refractivity contribution in [3.63, 3.8) is 0 Å². The molecule has 1 saturated heterocycles. The van der Waals surface area contributed by atoms with E-state index < -0.39 is 0 Å². The number of carbonyl (C=O) groups is 1. The Bertz CT molecular complexity index is 884. The second kappa shape index (κ2) is 7.39. The molecule has 6 nitrogen and oxygen atoms in total. The summed E-state index contributed by atoms with van der Waals surface area (Å²) >= 11 is 1.57. The van der Waals surface area contributed by atoms with Crippen molar-refractivity contribution in [3.8, 4) is 11.3 Å². The highest BCUT2D eigenvalue weighted by Crippen LogP contribution is 2.30. The number of hydrogen-bond acceptors (Lipinski definition) is 6. The number of hydrogen-bond donors (Lipinski definition) is 1. The first kappa shape index (κ1) is 16.9. The fourth-order valence-electron chi connectivity index (χ4n) is 3.11. The Labute approximate surface area is 155 Å². The predicted molar refractivity (Wildman–Crippen MR) is 99.8 cm³/mol. The Hall–Kier alpha value is -2.51. The van der Waals surface area contributed by atoms with Crippen LogP contribution in [0.5, 0.6) is 0 Å². The van der Waals surface area contributed by atoms with E-state index in [2.05, 4.69) is 21.5 Å². The van der Waals surface area contributed by atoms with Crippen molar-refractivity contribution in [1.29, 1.82) is 0 Å². The van der Waals surface area contributed by atoms with Crippen molar-refractivity contribution in [2.75, 3.05) is 13.6 Å². The molecule has 0 spiro atoms. The van der Waals surface area contributed by atoms with Gasteiger partial charge in [0.05, 0.1) is 11.4 Å². The van der Waals surface area contributed by atoms with Crippen molar-refractivity contribution in [3.05, 3.63) is 58.2 Å². The van der Waals surface area contributed by atoms with Crippen LogP contribution in [-0.2, 0) is 6.54 Å². The van der Waals surface area contributed by atoms with Crippen LogP contribution < -0.4 is 5.32 Å². The summed E-state index contributed by atoms with van der Waals surface area (Å²) in [6, 6.07) is 10.00. The quantitative estimate of drug-likeness (QED) is 0.746. The van der Waals surface area contributed by atoms with Gasteiger partial charge in [-0.25, -0.2) is 0 Å². The first-order valence-electron chi connectivity index (χ1n) is 8.65. The topological polar surface area (TPSA) is 71.3 Å². The molecule has 1 unspecified atom stereocenters. The van der Waals surface area contributed by atoms with Gasteiger partial charge in [-0.2, -0.15) is 0 Å². The van der Waals surface area contributed by atoms with Crippen LogP contribution in [0.4, 0.5) is 0 Å². The van der Waals surface area contributed by atoms with Crippen LogP contribution in [0, 0.1) is 0 Å². The smallest absolute Gasteiger partial charge is 0.264 e. The third kappa shape index (κ3) is 3.54. The minimum absolute atomic E-state index is 0.00132. The van der Waals surface area contributed by atoms with Gasteiger partial charge in [0.25, 0.3) is 5.91 Å². The summed E-state index contributed by atoms with van der Waals surface area (Å²) < 4.78 is 5.38. The maximum absolute atomic E-state index is 12.7. The van der Waals surface area contributed by atoms with Crippen LogP contribution in [-0.4, -0.2) is 34.5 Å². The molecule has 1 fully saturated rings. The zero-order chi connectivity index (χ0) is 17.9. The van der Waals surface area contributed by atoms with Gasteiger partial charge < -0.3 is 14.7 Å². The van der Waals surface area contributed by atoms with Gasteiger partial charge in [-0.1, -0.05) is 5.16 Å². The number of aromatic nitrogens is 2. The second-order valence-corrected chi connectivity index (χ2v) is 7.55. The van der Waals surface area contributed by atoms with Gasteiger partial charge in [-0.3, -0.25) is 9.78 Å². The molecule has 1 N–H and O–H groups in total. The molecular weight excluding hydrogens is 348 g/mol. The van der Waals surface area contributed by atoms with E-state index in [-0.39, 0.29) is 5.91 Å². The van der Waals surface area contributed by atoms with Crippen LogP contribution in [0.1, 0.15) is 39.2 Å². The summed E-state index contributed by atoms with van der Waals surface area (Å²) in [5, 5.41) is 7.54. The largest absolute Gasteiger partial charge is 0.359 e. The molecule has 0 aromatic carbocycles. The molecule has 1 atom stereocenters. The van der Waals surface area contributed by atoms with Crippen molar-refractivity contribution >= 4 is 17.2 Å². The first-order valence-corrected chi connectivity index (χ1v) is 9.47. The monoisotopic (exact) mass is 368 g/mol. The van der Waals surface area contributed by atoms with E-state index >= 15 is 0 Å². The van der Waals surface area contributed by atoms with Crippen molar-refractivity contribution < 1.29 is 9.32 Å². The number of rotatable bonds is 5. The van der Waals surface area contributed by atoms with Gasteiger partial charge in [0.15, 0.2) is 5.76 Å². The fraction of sp³-hybridized carbons (Fsp3) is 0.316. The number of carbonyl (C=O) groups excluding carboxylic acids is 1. The third-order valence-corrected chi connectivity index (χ3v) is 5.68. The van der Waals surface area contributed by atoms with Crippen LogP contribution in [0.25, 0.3) is 11.3 Å². The summed E-state index contributed by atoms with van der Waals surface area (Å²) in [7, 11) is 1.78. The summed E-state index contributed by atoms with van der Waals surface area (Å²) in [4.78, 5) is 20.4. The zero-order valence-corrected chi connectivity index (χ0v) is 15.3. The van der Waals surface area contributed by atoms with E-state index in [1.807, 2.05) is 24.3 Å².